The summed E-state index contributed by atoms with van der Waals surface area (Å²) in [6, 6.07) is 8.30. The van der Waals surface area contributed by atoms with E-state index in [0.717, 1.165) is 10.0 Å². The Kier molecular flexibility index (Phi) is 10.3. The summed E-state index contributed by atoms with van der Waals surface area (Å²) in [5.74, 6) is 7.41. The summed E-state index contributed by atoms with van der Waals surface area (Å²) in [5.41, 5.74) is 1.13. The normalized spacial score (nSPS) is 11.8. The van der Waals surface area contributed by atoms with Crippen LogP contribution >= 0.6 is 15.9 Å². The highest BCUT2D eigenvalue weighted by Gasteiger charge is 2.03. The van der Waals surface area contributed by atoms with E-state index >= 15 is 0 Å². The van der Waals surface area contributed by atoms with Crippen LogP contribution in [-0.4, -0.2) is 0 Å². The molecule has 0 saturated heterocycles. The zero-order chi connectivity index (χ0) is 15.3. The molecule has 0 aromatic heterocycles. The first kappa shape index (κ1) is 18.3. The molecule has 1 aromatic rings. The molecule has 0 aliphatic rings. The number of unbranched alkanes of at least 4 members (excludes halogenated alkanes) is 5. The molecule has 116 valence electrons. The Balaban J connectivity index is 2.37. The first-order valence-corrected chi connectivity index (χ1v) is 9.32. The molecule has 0 radical (unpaired) electrons. The van der Waals surface area contributed by atoms with Crippen molar-refractivity contribution in [3.8, 4) is 11.8 Å². The van der Waals surface area contributed by atoms with Gasteiger partial charge in [-0.05, 0) is 37.1 Å². The van der Waals surface area contributed by atoms with Crippen LogP contribution in [0.15, 0.2) is 28.7 Å². The van der Waals surface area contributed by atoms with Gasteiger partial charge >= 0.3 is 0 Å². The Morgan fingerprint density at radius 2 is 1.52 bits per heavy atom. The van der Waals surface area contributed by atoms with Crippen molar-refractivity contribution in [2.45, 2.75) is 71.6 Å². The van der Waals surface area contributed by atoms with Crippen LogP contribution in [0.4, 0.5) is 0 Å². The maximum Gasteiger partial charge on any atom is 0.0246 e. The summed E-state index contributed by atoms with van der Waals surface area (Å²) in [7, 11) is 0. The van der Waals surface area contributed by atoms with Crippen LogP contribution < -0.4 is 0 Å². The topological polar surface area (TPSA) is 0 Å². The smallest absolute Gasteiger partial charge is 0.0246 e. The lowest BCUT2D eigenvalue weighted by Crippen LogP contribution is -1.97. The van der Waals surface area contributed by atoms with Gasteiger partial charge in [0.2, 0.25) is 0 Å². The third-order valence-corrected chi connectivity index (χ3v) is 4.34. The van der Waals surface area contributed by atoms with E-state index in [9.17, 15) is 0 Å². The molecule has 0 bridgehead atoms. The number of benzene rings is 1. The van der Waals surface area contributed by atoms with Gasteiger partial charge in [0.15, 0.2) is 0 Å². The van der Waals surface area contributed by atoms with Crippen LogP contribution in [0.25, 0.3) is 0 Å². The zero-order valence-electron chi connectivity index (χ0n) is 13.6. The third kappa shape index (κ3) is 8.99. The minimum atomic E-state index is 0.574. The monoisotopic (exact) mass is 348 g/mol. The van der Waals surface area contributed by atoms with Crippen LogP contribution in [0.5, 0.6) is 0 Å². The maximum absolute atomic E-state index is 3.49. The molecule has 21 heavy (non-hydrogen) atoms. The predicted octanol–water partition coefficient (Wildman–Crippen LogP) is 6.97. The molecule has 0 aliphatic carbocycles. The Morgan fingerprint density at radius 1 is 0.857 bits per heavy atom. The maximum atomic E-state index is 3.49. The lowest BCUT2D eigenvalue weighted by Gasteiger charge is -2.09. The van der Waals surface area contributed by atoms with Crippen molar-refractivity contribution in [3.05, 3.63) is 34.3 Å². The van der Waals surface area contributed by atoms with E-state index < -0.39 is 0 Å². The van der Waals surface area contributed by atoms with Gasteiger partial charge in [0.25, 0.3) is 0 Å². The second-order valence-corrected chi connectivity index (χ2v) is 6.73. The van der Waals surface area contributed by atoms with Crippen LogP contribution in [0.2, 0.25) is 0 Å². The lowest BCUT2D eigenvalue weighted by molar-refractivity contribution is 0.501. The van der Waals surface area contributed by atoms with E-state index in [1.165, 1.54) is 57.8 Å². The Bertz CT molecular complexity index is 421. The molecule has 1 rings (SSSR count). The molecule has 0 aliphatic heterocycles. The quantitative estimate of drug-likeness (QED) is 0.334. The van der Waals surface area contributed by atoms with Gasteiger partial charge in [0.1, 0.15) is 0 Å². The van der Waals surface area contributed by atoms with E-state index in [0.29, 0.717) is 5.92 Å². The van der Waals surface area contributed by atoms with Crippen LogP contribution in [0, 0.1) is 17.8 Å². The molecule has 0 nitrogen and oxygen atoms in total. The van der Waals surface area contributed by atoms with Crippen LogP contribution in [0.1, 0.15) is 77.2 Å². The second-order valence-electron chi connectivity index (χ2n) is 5.82. The Morgan fingerprint density at radius 3 is 2.19 bits per heavy atom. The molecule has 1 aromatic carbocycles. The molecule has 1 unspecified atom stereocenters. The van der Waals surface area contributed by atoms with Crippen molar-refractivity contribution in [2.75, 3.05) is 0 Å². The van der Waals surface area contributed by atoms with Crippen molar-refractivity contribution in [1.82, 2.24) is 0 Å². The number of hydrogen-bond acceptors (Lipinski definition) is 0. The average Bonchev–Trinajstić information content (AvgIpc) is 2.49. The van der Waals surface area contributed by atoms with E-state index in [-0.39, 0.29) is 0 Å². The Labute approximate surface area is 139 Å². The predicted molar refractivity (Wildman–Crippen MR) is 97.4 cm³/mol. The van der Waals surface area contributed by atoms with Crippen molar-refractivity contribution in [1.29, 1.82) is 0 Å². The summed E-state index contributed by atoms with van der Waals surface area (Å²) in [6.07, 6.45) is 12.0. The van der Waals surface area contributed by atoms with Crippen LogP contribution in [0.3, 0.4) is 0 Å². The van der Waals surface area contributed by atoms with Gasteiger partial charge in [-0.25, -0.2) is 0 Å². The molecule has 1 atom stereocenters. The van der Waals surface area contributed by atoms with Crippen molar-refractivity contribution >= 4 is 15.9 Å². The summed E-state index contributed by atoms with van der Waals surface area (Å²) in [5, 5.41) is 0. The largest absolute Gasteiger partial charge is 0.0945 e. The minimum Gasteiger partial charge on any atom is -0.0945 e. The third-order valence-electron chi connectivity index (χ3n) is 3.81. The first-order chi connectivity index (χ1) is 10.3. The highest BCUT2D eigenvalue weighted by atomic mass is 79.9. The first-order valence-electron chi connectivity index (χ1n) is 8.53. The van der Waals surface area contributed by atoms with Gasteiger partial charge < -0.3 is 0 Å². The standard InChI is InChI=1S/C20H29Br/c1-3-5-6-7-8-9-11-18(10-4-2)12-13-19-14-16-20(21)17-15-19/h14-18H,3-11H2,1-2H3. The van der Waals surface area contributed by atoms with Crippen molar-refractivity contribution in [3.63, 3.8) is 0 Å². The fraction of sp³-hybridized carbons (Fsp3) is 0.600. The highest BCUT2D eigenvalue weighted by molar-refractivity contribution is 9.10. The number of rotatable bonds is 9. The van der Waals surface area contributed by atoms with E-state index in [1.54, 1.807) is 0 Å². The lowest BCUT2D eigenvalue weighted by atomic mass is 9.96. The molecule has 0 amide bonds. The van der Waals surface area contributed by atoms with Gasteiger partial charge in [0.05, 0.1) is 0 Å². The van der Waals surface area contributed by atoms with Gasteiger partial charge in [-0.3, -0.25) is 0 Å². The molecule has 1 heteroatoms. The summed E-state index contributed by atoms with van der Waals surface area (Å²) in [6.45, 7) is 4.53. The SMILES string of the molecule is CCCCCCCCC(C#Cc1ccc(Br)cc1)CCC. The van der Waals surface area contributed by atoms with Crippen molar-refractivity contribution < 1.29 is 0 Å². The second kappa shape index (κ2) is 11.9. The summed E-state index contributed by atoms with van der Waals surface area (Å²) < 4.78 is 1.12. The molecule has 0 N–H and O–H groups in total. The van der Waals surface area contributed by atoms with E-state index in [2.05, 4.69) is 65.9 Å². The van der Waals surface area contributed by atoms with Crippen LogP contribution in [-0.2, 0) is 0 Å². The van der Waals surface area contributed by atoms with Gasteiger partial charge in [0, 0.05) is 16.0 Å². The molecular weight excluding hydrogens is 320 g/mol. The van der Waals surface area contributed by atoms with Gasteiger partial charge in [-0.15, -0.1) is 0 Å². The molecule has 0 spiro atoms. The van der Waals surface area contributed by atoms with Gasteiger partial charge in [-0.1, -0.05) is 86.6 Å². The average molecular weight is 349 g/mol. The van der Waals surface area contributed by atoms with Crippen molar-refractivity contribution in [2.24, 2.45) is 5.92 Å². The minimum absolute atomic E-state index is 0.574. The molecular formula is C20H29Br. The summed E-state index contributed by atoms with van der Waals surface area (Å²) >= 11 is 3.46. The van der Waals surface area contributed by atoms with Gasteiger partial charge in [-0.2, -0.15) is 0 Å². The molecule has 0 saturated carbocycles. The molecule has 0 fully saturated rings. The Hall–Kier alpha value is -0.740. The molecule has 0 heterocycles. The summed E-state index contributed by atoms with van der Waals surface area (Å²) in [4.78, 5) is 0. The fourth-order valence-corrected chi connectivity index (χ4v) is 2.79. The number of halogens is 1. The zero-order valence-corrected chi connectivity index (χ0v) is 15.2. The number of hydrogen-bond donors (Lipinski definition) is 0. The fourth-order valence-electron chi connectivity index (χ4n) is 2.53. The van der Waals surface area contributed by atoms with E-state index in [4.69, 9.17) is 0 Å². The van der Waals surface area contributed by atoms with E-state index in [1.807, 2.05) is 0 Å². The highest BCUT2D eigenvalue weighted by Crippen LogP contribution is 2.17.